The predicted octanol–water partition coefficient (Wildman–Crippen LogP) is 7.11. The van der Waals surface area contributed by atoms with E-state index >= 15 is 0 Å². The van der Waals surface area contributed by atoms with Crippen molar-refractivity contribution >= 4 is 44.2 Å². The van der Waals surface area contributed by atoms with Gasteiger partial charge in [0.2, 0.25) is 0 Å². The van der Waals surface area contributed by atoms with Gasteiger partial charge in [-0.25, -0.2) is 4.98 Å². The Morgan fingerprint density at radius 1 is 1.15 bits per heavy atom. The van der Waals surface area contributed by atoms with Crippen LogP contribution in [0.1, 0.15) is 40.9 Å². The molecule has 216 valence electrons. The number of thiazole rings is 1. The summed E-state index contributed by atoms with van der Waals surface area (Å²) in [5.41, 5.74) is 0.0632. The molecule has 1 aliphatic heterocycles. The van der Waals surface area contributed by atoms with Gasteiger partial charge < -0.3 is 14.6 Å². The van der Waals surface area contributed by atoms with Crippen LogP contribution in [0, 0.1) is 0 Å². The SMILES string of the molecule is CC1CN(Cc2cc(Cl)cc(C(=O)Nc3nc4c(COc5ccccc5)cc(C(F)(F)F)cc4s3)c2O)CC(C)O1. The number of para-hydroxylation sites is 1. The predicted molar refractivity (Wildman–Crippen MR) is 152 cm³/mol. The number of anilines is 1. The lowest BCUT2D eigenvalue weighted by atomic mass is 10.1. The van der Waals surface area contributed by atoms with Crippen molar-refractivity contribution in [2.75, 3.05) is 18.4 Å². The monoisotopic (exact) mass is 605 g/mol. The number of hydrogen-bond donors (Lipinski definition) is 2. The number of nitrogens with one attached hydrogen (secondary N) is 1. The number of alkyl halides is 3. The summed E-state index contributed by atoms with van der Waals surface area (Å²) in [5, 5.41) is 13.9. The smallest absolute Gasteiger partial charge is 0.416 e. The van der Waals surface area contributed by atoms with Crippen LogP contribution >= 0.6 is 22.9 Å². The molecule has 5 rings (SSSR count). The highest BCUT2D eigenvalue weighted by Gasteiger charge is 2.32. The maximum atomic E-state index is 13.7. The third kappa shape index (κ3) is 6.92. The zero-order chi connectivity index (χ0) is 29.3. The third-order valence-corrected chi connectivity index (χ3v) is 7.68. The Morgan fingerprint density at radius 2 is 1.85 bits per heavy atom. The van der Waals surface area contributed by atoms with Crippen LogP contribution < -0.4 is 10.1 Å². The summed E-state index contributed by atoms with van der Waals surface area (Å²) in [7, 11) is 0. The average molecular weight is 606 g/mol. The second-order valence-corrected chi connectivity index (χ2v) is 11.4. The Balaban J connectivity index is 1.41. The average Bonchev–Trinajstić information content (AvgIpc) is 3.31. The number of benzene rings is 3. The van der Waals surface area contributed by atoms with Crippen LogP contribution in [0.15, 0.2) is 54.6 Å². The zero-order valence-electron chi connectivity index (χ0n) is 22.2. The standard InChI is InChI=1S/C29H27ClF3N3O4S/c1-16-12-36(13-17(2)40-16)14-18-9-21(30)11-23(26(18)37)27(38)35-28-34-25-19(15-39-22-6-4-3-5-7-22)8-20(29(31,32)33)10-24(25)41-28/h3-11,16-17,37H,12-15H2,1-2H3,(H,34,35,38). The van der Waals surface area contributed by atoms with Crippen molar-refractivity contribution in [3.8, 4) is 11.5 Å². The Kier molecular flexibility index (Phi) is 8.42. The van der Waals surface area contributed by atoms with Crippen molar-refractivity contribution in [1.29, 1.82) is 0 Å². The summed E-state index contributed by atoms with van der Waals surface area (Å²) >= 11 is 7.20. The molecule has 1 aromatic heterocycles. The maximum Gasteiger partial charge on any atom is 0.416 e. The van der Waals surface area contributed by atoms with Crippen LogP contribution in [-0.2, 0) is 24.1 Å². The molecule has 2 heterocycles. The first-order valence-corrected chi connectivity index (χ1v) is 14.0. The maximum absolute atomic E-state index is 13.7. The molecule has 0 saturated carbocycles. The summed E-state index contributed by atoms with van der Waals surface area (Å²) < 4.78 is 52.6. The lowest BCUT2D eigenvalue weighted by molar-refractivity contribution is -0.137. The molecule has 7 nitrogen and oxygen atoms in total. The lowest BCUT2D eigenvalue weighted by Gasteiger charge is -2.35. The van der Waals surface area contributed by atoms with Crippen molar-refractivity contribution < 1.29 is 32.5 Å². The van der Waals surface area contributed by atoms with E-state index in [-0.39, 0.29) is 56.1 Å². The Bertz CT molecular complexity index is 1550. The van der Waals surface area contributed by atoms with E-state index in [1.54, 1.807) is 36.4 Å². The molecule has 0 bridgehead atoms. The number of carbonyl (C=O) groups excluding carboxylic acids is 1. The van der Waals surface area contributed by atoms with Crippen molar-refractivity contribution in [3.05, 3.63) is 81.9 Å². The summed E-state index contributed by atoms with van der Waals surface area (Å²) in [6.07, 6.45) is -4.55. The first-order valence-electron chi connectivity index (χ1n) is 12.9. The van der Waals surface area contributed by atoms with E-state index in [2.05, 4.69) is 15.2 Å². The van der Waals surface area contributed by atoms with E-state index in [0.717, 1.165) is 23.5 Å². The third-order valence-electron chi connectivity index (χ3n) is 6.55. The molecule has 1 saturated heterocycles. The van der Waals surface area contributed by atoms with E-state index in [4.69, 9.17) is 21.1 Å². The van der Waals surface area contributed by atoms with Gasteiger partial charge in [-0.1, -0.05) is 41.1 Å². The number of amides is 1. The molecule has 0 aliphatic carbocycles. The Morgan fingerprint density at radius 3 is 2.54 bits per heavy atom. The number of rotatable bonds is 7. The topological polar surface area (TPSA) is 83.9 Å². The highest BCUT2D eigenvalue weighted by molar-refractivity contribution is 7.22. The van der Waals surface area contributed by atoms with Gasteiger partial charge in [0.1, 0.15) is 18.1 Å². The van der Waals surface area contributed by atoms with E-state index < -0.39 is 17.6 Å². The number of aromatic hydroxyl groups is 1. The van der Waals surface area contributed by atoms with Gasteiger partial charge in [-0.15, -0.1) is 0 Å². The van der Waals surface area contributed by atoms with Gasteiger partial charge >= 0.3 is 6.18 Å². The first kappa shape index (κ1) is 29.1. The van der Waals surface area contributed by atoms with Gasteiger partial charge in [0, 0.05) is 35.8 Å². The highest BCUT2D eigenvalue weighted by atomic mass is 35.5. The molecule has 1 amide bonds. The summed E-state index contributed by atoms with van der Waals surface area (Å²) in [6, 6.07) is 13.6. The Labute approximate surface area is 243 Å². The molecule has 0 radical (unpaired) electrons. The highest BCUT2D eigenvalue weighted by Crippen LogP contribution is 2.37. The molecule has 12 heteroatoms. The van der Waals surface area contributed by atoms with Crippen molar-refractivity contribution in [2.45, 2.75) is 45.4 Å². The molecule has 2 unspecified atom stereocenters. The number of aromatic nitrogens is 1. The number of halogens is 4. The summed E-state index contributed by atoms with van der Waals surface area (Å²) in [4.78, 5) is 19.7. The molecular weight excluding hydrogens is 579 g/mol. The molecule has 41 heavy (non-hydrogen) atoms. The largest absolute Gasteiger partial charge is 0.507 e. The summed E-state index contributed by atoms with van der Waals surface area (Å²) in [6.45, 7) is 5.44. The first-order chi connectivity index (χ1) is 19.5. The van der Waals surface area contributed by atoms with Crippen LogP contribution in [0.25, 0.3) is 10.2 Å². The Hall–Kier alpha value is -3.38. The normalized spacial score (nSPS) is 18.0. The molecule has 1 fully saturated rings. The number of phenols is 1. The number of ether oxygens (including phenoxy) is 2. The number of carbonyl (C=O) groups is 1. The fraction of sp³-hybridized carbons (Fsp3) is 0.310. The minimum Gasteiger partial charge on any atom is -0.507 e. The second kappa shape index (κ2) is 11.8. The van der Waals surface area contributed by atoms with Gasteiger partial charge in [0.25, 0.3) is 5.91 Å². The number of nitrogens with zero attached hydrogens (tertiary/aromatic N) is 2. The van der Waals surface area contributed by atoms with Gasteiger partial charge in [0.15, 0.2) is 5.13 Å². The molecule has 0 spiro atoms. The van der Waals surface area contributed by atoms with Crippen LogP contribution in [0.3, 0.4) is 0 Å². The van der Waals surface area contributed by atoms with Gasteiger partial charge in [-0.05, 0) is 50.2 Å². The van der Waals surface area contributed by atoms with Crippen LogP contribution in [0.5, 0.6) is 11.5 Å². The van der Waals surface area contributed by atoms with E-state index in [1.165, 1.54) is 6.07 Å². The van der Waals surface area contributed by atoms with Crippen LogP contribution in [0.4, 0.5) is 18.3 Å². The van der Waals surface area contributed by atoms with Crippen molar-refractivity contribution in [2.24, 2.45) is 0 Å². The number of phenolic OH excluding ortho intramolecular Hbond substituents is 1. The molecular formula is C29H27ClF3N3O4S. The fourth-order valence-corrected chi connectivity index (χ4v) is 6.06. The molecule has 2 atom stereocenters. The van der Waals surface area contributed by atoms with Crippen molar-refractivity contribution in [3.63, 3.8) is 0 Å². The van der Waals surface area contributed by atoms with Crippen molar-refractivity contribution in [1.82, 2.24) is 9.88 Å². The minimum atomic E-state index is -4.58. The van der Waals surface area contributed by atoms with Gasteiger partial charge in [0.05, 0.1) is 33.6 Å². The number of morpholine rings is 1. The molecule has 1 aliphatic rings. The van der Waals surface area contributed by atoms with E-state index in [1.807, 2.05) is 13.8 Å². The van der Waals surface area contributed by atoms with Crippen LogP contribution in [0.2, 0.25) is 5.02 Å². The quantitative estimate of drug-likeness (QED) is 0.233. The second-order valence-electron chi connectivity index (χ2n) is 9.97. The number of hydrogen-bond acceptors (Lipinski definition) is 7. The molecule has 2 N–H and O–H groups in total. The minimum absolute atomic E-state index is 0.0164. The molecule has 4 aromatic rings. The van der Waals surface area contributed by atoms with Crippen LogP contribution in [-0.4, -0.2) is 46.2 Å². The summed E-state index contributed by atoms with van der Waals surface area (Å²) in [5.74, 6) is -0.418. The van der Waals surface area contributed by atoms with Gasteiger partial charge in [-0.3, -0.25) is 15.0 Å². The zero-order valence-corrected chi connectivity index (χ0v) is 23.7. The number of fused-ring (bicyclic) bond motifs is 1. The molecule has 3 aromatic carbocycles. The lowest BCUT2D eigenvalue weighted by Crippen LogP contribution is -2.44. The fourth-order valence-electron chi connectivity index (χ4n) is 4.87. The van der Waals surface area contributed by atoms with E-state index in [0.29, 0.717) is 30.9 Å². The van der Waals surface area contributed by atoms with Gasteiger partial charge in [-0.2, -0.15) is 13.2 Å². The van der Waals surface area contributed by atoms with E-state index in [9.17, 15) is 23.1 Å².